The second kappa shape index (κ2) is 8.07. The Morgan fingerprint density at radius 2 is 1.94 bits per heavy atom. The zero-order valence-corrected chi connectivity index (χ0v) is 18.5. The third kappa shape index (κ3) is 3.70. The van der Waals surface area contributed by atoms with Crippen molar-refractivity contribution in [3.8, 4) is 11.6 Å². The summed E-state index contributed by atoms with van der Waals surface area (Å²) in [4.78, 5) is 19.7. The number of hydrogen-bond acceptors (Lipinski definition) is 5. The van der Waals surface area contributed by atoms with Crippen LogP contribution in [0.3, 0.4) is 0 Å². The van der Waals surface area contributed by atoms with Crippen molar-refractivity contribution < 1.29 is 9.32 Å². The van der Waals surface area contributed by atoms with Gasteiger partial charge in [-0.15, -0.1) is 0 Å². The number of hydrogen-bond donors (Lipinski definition) is 0. The van der Waals surface area contributed by atoms with Crippen molar-refractivity contribution in [3.05, 3.63) is 87.9 Å². The van der Waals surface area contributed by atoms with E-state index in [1.807, 2.05) is 79.0 Å². The zero-order chi connectivity index (χ0) is 22.2. The molecule has 32 heavy (non-hydrogen) atoms. The van der Waals surface area contributed by atoms with Gasteiger partial charge in [0, 0.05) is 43.3 Å². The van der Waals surface area contributed by atoms with Gasteiger partial charge in [0.25, 0.3) is 11.8 Å². The fourth-order valence-corrected chi connectivity index (χ4v) is 4.36. The SMILES string of the molecule is Cc1ccc(C(=O)N2CCc3c(c(-c4nc(Cc5ccccc5)no4)nn3C)C2)c(C)c1. The molecule has 0 bridgehead atoms. The fourth-order valence-electron chi connectivity index (χ4n) is 4.36. The van der Waals surface area contributed by atoms with Crippen LogP contribution in [0.1, 0.15) is 44.1 Å². The third-order valence-corrected chi connectivity index (χ3v) is 6.02. The van der Waals surface area contributed by atoms with E-state index in [0.29, 0.717) is 36.9 Å². The smallest absolute Gasteiger partial charge is 0.278 e. The molecule has 2 aromatic heterocycles. The topological polar surface area (TPSA) is 77.1 Å². The number of aromatic nitrogens is 4. The van der Waals surface area contributed by atoms with E-state index in [9.17, 15) is 4.79 Å². The van der Waals surface area contributed by atoms with Gasteiger partial charge in [-0.3, -0.25) is 9.48 Å². The molecule has 1 aliphatic rings. The van der Waals surface area contributed by atoms with Gasteiger partial charge in [0.1, 0.15) is 0 Å². The molecular weight excluding hydrogens is 402 g/mol. The van der Waals surface area contributed by atoms with Gasteiger partial charge in [-0.1, -0.05) is 53.2 Å². The molecule has 0 unspecified atom stereocenters. The zero-order valence-electron chi connectivity index (χ0n) is 18.5. The van der Waals surface area contributed by atoms with Crippen LogP contribution in [-0.4, -0.2) is 37.3 Å². The van der Waals surface area contributed by atoms with E-state index in [2.05, 4.69) is 15.2 Å². The molecule has 0 spiro atoms. The molecule has 7 nitrogen and oxygen atoms in total. The fraction of sp³-hybridized carbons (Fsp3) is 0.280. The molecule has 3 heterocycles. The molecule has 7 heteroatoms. The predicted molar refractivity (Wildman–Crippen MR) is 120 cm³/mol. The first kappa shape index (κ1) is 20.2. The van der Waals surface area contributed by atoms with Crippen LogP contribution in [0.15, 0.2) is 53.1 Å². The Hall–Kier alpha value is -3.74. The minimum Gasteiger partial charge on any atom is -0.334 e. The van der Waals surface area contributed by atoms with E-state index in [1.54, 1.807) is 0 Å². The van der Waals surface area contributed by atoms with Gasteiger partial charge in [0.05, 0.1) is 6.54 Å². The van der Waals surface area contributed by atoms with Crippen molar-refractivity contribution >= 4 is 5.91 Å². The summed E-state index contributed by atoms with van der Waals surface area (Å²) in [6.45, 7) is 5.15. The number of benzene rings is 2. The van der Waals surface area contributed by atoms with Gasteiger partial charge in [-0.05, 0) is 31.0 Å². The van der Waals surface area contributed by atoms with E-state index < -0.39 is 0 Å². The number of nitrogens with zero attached hydrogens (tertiary/aromatic N) is 5. The molecule has 5 rings (SSSR count). The second-order valence-corrected chi connectivity index (χ2v) is 8.37. The van der Waals surface area contributed by atoms with Crippen LogP contribution < -0.4 is 0 Å². The lowest BCUT2D eigenvalue weighted by molar-refractivity contribution is 0.0733. The first-order valence-corrected chi connectivity index (χ1v) is 10.8. The van der Waals surface area contributed by atoms with E-state index in [0.717, 1.165) is 39.9 Å². The standard InChI is InChI=1S/C25H25N5O2/c1-16-9-10-19(17(2)13-16)25(31)30-12-11-21-20(15-30)23(27-29(21)3)24-26-22(28-32-24)14-18-7-5-4-6-8-18/h4-10,13H,11-12,14-15H2,1-3H3. The molecule has 1 amide bonds. The van der Waals surface area contributed by atoms with Crippen molar-refractivity contribution in [2.75, 3.05) is 6.54 Å². The van der Waals surface area contributed by atoms with Gasteiger partial charge in [0.2, 0.25) is 0 Å². The molecule has 0 saturated heterocycles. The van der Waals surface area contributed by atoms with Gasteiger partial charge in [-0.25, -0.2) is 0 Å². The van der Waals surface area contributed by atoms with Crippen molar-refractivity contribution in [3.63, 3.8) is 0 Å². The molecule has 0 radical (unpaired) electrons. The number of fused-ring (bicyclic) bond motifs is 1. The monoisotopic (exact) mass is 427 g/mol. The number of rotatable bonds is 4. The maximum atomic E-state index is 13.3. The van der Waals surface area contributed by atoms with Crippen LogP contribution in [0.5, 0.6) is 0 Å². The lowest BCUT2D eigenvalue weighted by Gasteiger charge is -2.28. The Kier molecular flexibility index (Phi) is 5.09. The van der Waals surface area contributed by atoms with Gasteiger partial charge in [-0.2, -0.15) is 10.1 Å². The van der Waals surface area contributed by atoms with E-state index >= 15 is 0 Å². The normalized spacial score (nSPS) is 13.3. The Balaban J connectivity index is 1.42. The third-order valence-electron chi connectivity index (χ3n) is 6.02. The minimum atomic E-state index is 0.0400. The van der Waals surface area contributed by atoms with Crippen molar-refractivity contribution in [1.29, 1.82) is 0 Å². The molecule has 2 aromatic carbocycles. The number of carbonyl (C=O) groups excluding carboxylic acids is 1. The second-order valence-electron chi connectivity index (χ2n) is 8.37. The average molecular weight is 428 g/mol. The quantitative estimate of drug-likeness (QED) is 0.494. The number of aryl methyl sites for hydroxylation is 3. The highest BCUT2D eigenvalue weighted by atomic mass is 16.5. The van der Waals surface area contributed by atoms with Crippen LogP contribution in [0, 0.1) is 13.8 Å². The minimum absolute atomic E-state index is 0.0400. The van der Waals surface area contributed by atoms with E-state index in [-0.39, 0.29) is 5.91 Å². The molecule has 4 aromatic rings. The Bertz CT molecular complexity index is 1290. The van der Waals surface area contributed by atoms with Gasteiger partial charge < -0.3 is 9.42 Å². The largest absolute Gasteiger partial charge is 0.334 e. The molecule has 0 saturated carbocycles. The summed E-state index contributed by atoms with van der Waals surface area (Å²) in [6, 6.07) is 16.0. The van der Waals surface area contributed by atoms with E-state index in [1.165, 1.54) is 0 Å². The summed E-state index contributed by atoms with van der Waals surface area (Å²) in [5, 5.41) is 8.81. The van der Waals surface area contributed by atoms with Gasteiger partial charge >= 0.3 is 0 Å². The Morgan fingerprint density at radius 3 is 2.72 bits per heavy atom. The van der Waals surface area contributed by atoms with Crippen LogP contribution >= 0.6 is 0 Å². The lowest BCUT2D eigenvalue weighted by Crippen LogP contribution is -2.36. The first-order valence-electron chi connectivity index (χ1n) is 10.8. The maximum Gasteiger partial charge on any atom is 0.278 e. The highest BCUT2D eigenvalue weighted by Gasteiger charge is 2.30. The molecule has 0 fully saturated rings. The summed E-state index contributed by atoms with van der Waals surface area (Å²) in [5.74, 6) is 1.05. The first-order chi connectivity index (χ1) is 15.5. The number of amides is 1. The summed E-state index contributed by atoms with van der Waals surface area (Å²) in [5.41, 5.74) is 6.75. The summed E-state index contributed by atoms with van der Waals surface area (Å²) < 4.78 is 7.44. The molecule has 1 aliphatic heterocycles. The molecule has 0 N–H and O–H groups in total. The van der Waals surface area contributed by atoms with Crippen molar-refractivity contribution in [2.24, 2.45) is 7.05 Å². The molecular formula is C25H25N5O2. The average Bonchev–Trinajstić information content (AvgIpc) is 3.38. The molecule has 162 valence electrons. The maximum absolute atomic E-state index is 13.3. The lowest BCUT2D eigenvalue weighted by atomic mass is 10.0. The Morgan fingerprint density at radius 1 is 1.12 bits per heavy atom. The molecule has 0 aliphatic carbocycles. The predicted octanol–water partition coefficient (Wildman–Crippen LogP) is 3.88. The summed E-state index contributed by atoms with van der Waals surface area (Å²) >= 11 is 0. The van der Waals surface area contributed by atoms with Crippen LogP contribution in [-0.2, 0) is 26.4 Å². The van der Waals surface area contributed by atoms with Crippen LogP contribution in [0.25, 0.3) is 11.6 Å². The van der Waals surface area contributed by atoms with Gasteiger partial charge in [0.15, 0.2) is 11.5 Å². The van der Waals surface area contributed by atoms with E-state index in [4.69, 9.17) is 4.52 Å². The Labute approximate surface area is 186 Å². The van der Waals surface area contributed by atoms with Crippen LogP contribution in [0.2, 0.25) is 0 Å². The summed E-state index contributed by atoms with van der Waals surface area (Å²) in [6.07, 6.45) is 1.33. The van der Waals surface area contributed by atoms with Crippen molar-refractivity contribution in [1.82, 2.24) is 24.8 Å². The highest BCUT2D eigenvalue weighted by Crippen LogP contribution is 2.30. The van der Waals surface area contributed by atoms with Crippen molar-refractivity contribution in [2.45, 2.75) is 33.2 Å². The molecule has 0 atom stereocenters. The van der Waals surface area contributed by atoms with Crippen LogP contribution in [0.4, 0.5) is 0 Å². The number of carbonyl (C=O) groups is 1. The summed E-state index contributed by atoms with van der Waals surface area (Å²) in [7, 11) is 1.92. The highest BCUT2D eigenvalue weighted by molar-refractivity contribution is 5.96.